The Morgan fingerprint density at radius 2 is 2.11 bits per heavy atom. The highest BCUT2D eigenvalue weighted by molar-refractivity contribution is 7.98. The Bertz CT molecular complexity index is 125. The first-order chi connectivity index (χ1) is 4.18. The molecule has 0 saturated carbocycles. The zero-order valence-corrected chi connectivity index (χ0v) is 5.98. The van der Waals surface area contributed by atoms with Crippen LogP contribution in [0.2, 0.25) is 0 Å². The Balaban J connectivity index is 3.39. The Morgan fingerprint density at radius 1 is 1.56 bits per heavy atom. The van der Waals surface area contributed by atoms with Gasteiger partial charge in [-0.1, -0.05) is 12.6 Å². The number of ether oxygens (including phenoxy) is 1. The van der Waals surface area contributed by atoms with Crippen LogP contribution in [0.1, 0.15) is 0 Å². The van der Waals surface area contributed by atoms with Crippen molar-refractivity contribution in [1.29, 1.82) is 0 Å². The third-order valence-electron chi connectivity index (χ3n) is 0.676. The quantitative estimate of drug-likeness (QED) is 0.302. The molecule has 0 aromatic rings. The fourth-order valence-electron chi connectivity index (χ4n) is 0.256. The second-order valence-electron chi connectivity index (χ2n) is 1.37. The molecule has 0 aliphatic carbocycles. The van der Waals surface area contributed by atoms with E-state index in [1.54, 1.807) is 7.85 Å². The van der Waals surface area contributed by atoms with E-state index in [9.17, 15) is 9.59 Å². The van der Waals surface area contributed by atoms with Crippen molar-refractivity contribution >= 4 is 31.4 Å². The molecule has 0 atom stereocenters. The number of ketones is 1. The molecule has 0 N–H and O–H groups in total. The van der Waals surface area contributed by atoms with Crippen LogP contribution in [0.25, 0.3) is 0 Å². The number of rotatable bonds is 4. The van der Waals surface area contributed by atoms with Gasteiger partial charge in [0, 0.05) is 6.51 Å². The van der Waals surface area contributed by atoms with Crippen LogP contribution < -0.4 is 0 Å². The molecule has 0 unspecified atom stereocenters. The fraction of sp³-hybridized carbons (Fsp3) is 0.500. The summed E-state index contributed by atoms with van der Waals surface area (Å²) in [5, 5.41) is -0.747. The predicted octanol–water partition coefficient (Wildman–Crippen LogP) is -1.38. The monoisotopic (exact) mass is 146 g/mol. The first-order valence-electron chi connectivity index (χ1n) is 2.52. The van der Waals surface area contributed by atoms with Gasteiger partial charge in [-0.25, -0.2) is 0 Å². The third kappa shape index (κ3) is 4.23. The summed E-state index contributed by atoms with van der Waals surface area (Å²) in [6.45, 7) is 0.283. The summed E-state index contributed by atoms with van der Waals surface area (Å²) in [6.07, 6.45) is 0. The molecule has 5 heteroatoms. The van der Waals surface area contributed by atoms with E-state index in [4.69, 9.17) is 0 Å². The van der Waals surface area contributed by atoms with Crippen molar-refractivity contribution in [2.75, 3.05) is 13.1 Å². The van der Waals surface area contributed by atoms with E-state index in [0.29, 0.717) is 6.51 Å². The Morgan fingerprint density at radius 3 is 2.44 bits per heavy atom. The molecule has 0 aromatic carbocycles. The van der Waals surface area contributed by atoms with Crippen LogP contribution in [0.15, 0.2) is 0 Å². The van der Waals surface area contributed by atoms with Crippen LogP contribution in [0, 0.1) is 0 Å². The molecule has 0 fully saturated rings. The highest BCUT2D eigenvalue weighted by atomic mass is 32.1. The average Bonchev–Trinajstić information content (AvgIpc) is 1.82. The van der Waals surface area contributed by atoms with Gasteiger partial charge in [0.25, 0.3) is 5.12 Å². The minimum Gasteiger partial charge on any atom is -0.382 e. The van der Waals surface area contributed by atoms with Gasteiger partial charge < -0.3 is 4.74 Å². The van der Waals surface area contributed by atoms with Crippen LogP contribution >= 0.6 is 12.6 Å². The van der Waals surface area contributed by atoms with Crippen molar-refractivity contribution in [3.63, 3.8) is 0 Å². The van der Waals surface area contributed by atoms with E-state index >= 15 is 0 Å². The van der Waals surface area contributed by atoms with E-state index in [2.05, 4.69) is 17.4 Å². The predicted molar refractivity (Wildman–Crippen MR) is 38.4 cm³/mol. The first kappa shape index (κ1) is 8.71. The number of thiol groups is 1. The smallest absolute Gasteiger partial charge is 0.254 e. The summed E-state index contributed by atoms with van der Waals surface area (Å²) < 4.78 is 4.64. The maximum absolute atomic E-state index is 10.4. The lowest BCUT2D eigenvalue weighted by molar-refractivity contribution is -0.134. The van der Waals surface area contributed by atoms with Crippen molar-refractivity contribution in [2.24, 2.45) is 0 Å². The molecule has 0 aliphatic rings. The summed E-state index contributed by atoms with van der Waals surface area (Å²) in [4.78, 5) is 20.4. The van der Waals surface area contributed by atoms with E-state index in [-0.39, 0.29) is 6.61 Å². The molecule has 0 aliphatic heterocycles. The zero-order chi connectivity index (χ0) is 7.28. The van der Waals surface area contributed by atoms with Gasteiger partial charge in [-0.2, -0.15) is 0 Å². The van der Waals surface area contributed by atoms with Crippen molar-refractivity contribution in [2.45, 2.75) is 0 Å². The summed E-state index contributed by atoms with van der Waals surface area (Å²) in [5.74, 6) is -0.597. The highest BCUT2D eigenvalue weighted by Gasteiger charge is 2.06. The van der Waals surface area contributed by atoms with E-state index in [0.717, 1.165) is 0 Å². The standard InChI is InChI=1S/C4H7BO3S/c5-2-8-1-3(6)4(7)9/h1-2,5H2,(H,7,9). The second kappa shape index (κ2) is 4.58. The van der Waals surface area contributed by atoms with Gasteiger partial charge in [-0.05, 0) is 0 Å². The van der Waals surface area contributed by atoms with Crippen molar-refractivity contribution in [3.05, 3.63) is 0 Å². The van der Waals surface area contributed by atoms with E-state index < -0.39 is 10.9 Å². The molecule has 3 nitrogen and oxygen atoms in total. The van der Waals surface area contributed by atoms with Gasteiger partial charge >= 0.3 is 0 Å². The van der Waals surface area contributed by atoms with Crippen LogP contribution in [-0.2, 0) is 14.3 Å². The molecule has 0 heterocycles. The maximum atomic E-state index is 10.4. The van der Waals surface area contributed by atoms with Gasteiger partial charge in [-0.15, -0.1) is 0 Å². The molecule has 9 heavy (non-hydrogen) atoms. The lowest BCUT2D eigenvalue weighted by Gasteiger charge is -1.93. The molecule has 0 spiro atoms. The summed E-state index contributed by atoms with van der Waals surface area (Å²) in [7, 11) is 1.75. The number of hydrogen-bond acceptors (Lipinski definition) is 3. The van der Waals surface area contributed by atoms with Crippen molar-refractivity contribution in [3.8, 4) is 0 Å². The average molecular weight is 146 g/mol. The van der Waals surface area contributed by atoms with E-state index in [1.165, 1.54) is 0 Å². The fourth-order valence-corrected chi connectivity index (χ4v) is 0.321. The molecular weight excluding hydrogens is 139 g/mol. The van der Waals surface area contributed by atoms with Crippen molar-refractivity contribution in [1.82, 2.24) is 0 Å². The number of hydrogen-bond donors (Lipinski definition) is 1. The van der Waals surface area contributed by atoms with Crippen LogP contribution in [0.4, 0.5) is 0 Å². The lowest BCUT2D eigenvalue weighted by Crippen LogP contribution is -2.15. The SMILES string of the molecule is BCOCC(=O)C(=O)S. The van der Waals surface area contributed by atoms with Crippen LogP contribution in [0.3, 0.4) is 0 Å². The van der Waals surface area contributed by atoms with Gasteiger partial charge in [0.2, 0.25) is 5.78 Å². The molecule has 0 bridgehead atoms. The van der Waals surface area contributed by atoms with Gasteiger partial charge in [0.05, 0.1) is 0 Å². The minimum atomic E-state index is -0.747. The summed E-state index contributed by atoms with van der Waals surface area (Å²) in [5.41, 5.74) is 0. The molecule has 0 radical (unpaired) electrons. The molecular formula is C4H7BO3S. The molecule has 0 rings (SSSR count). The van der Waals surface area contributed by atoms with Gasteiger partial charge in [-0.3, -0.25) is 9.59 Å². The van der Waals surface area contributed by atoms with Crippen LogP contribution in [0.5, 0.6) is 0 Å². The minimum absolute atomic E-state index is 0.154. The maximum Gasteiger partial charge on any atom is 0.254 e. The topological polar surface area (TPSA) is 43.4 Å². The Hall–Kier alpha value is -0.285. The number of carbonyl (C=O) groups excluding carboxylic acids is 2. The number of carbonyl (C=O) groups is 2. The second-order valence-corrected chi connectivity index (χ2v) is 1.77. The highest BCUT2D eigenvalue weighted by Crippen LogP contribution is 1.82. The van der Waals surface area contributed by atoms with Gasteiger partial charge in [0.15, 0.2) is 0 Å². The zero-order valence-electron chi connectivity index (χ0n) is 5.09. The van der Waals surface area contributed by atoms with Crippen molar-refractivity contribution < 1.29 is 14.3 Å². The molecule has 50 valence electrons. The van der Waals surface area contributed by atoms with Gasteiger partial charge in [0.1, 0.15) is 14.5 Å². The Kier molecular flexibility index (Phi) is 4.44. The first-order valence-corrected chi connectivity index (χ1v) is 2.97. The normalized spacial score (nSPS) is 9.00. The van der Waals surface area contributed by atoms with E-state index in [1.807, 2.05) is 0 Å². The Labute approximate surface area is 59.6 Å². The molecule has 0 amide bonds. The number of Topliss-reactive ketones (excluding diaryl/α,β-unsaturated/α-hetero) is 1. The summed E-state index contributed by atoms with van der Waals surface area (Å²) >= 11 is 3.30. The largest absolute Gasteiger partial charge is 0.382 e. The van der Waals surface area contributed by atoms with Crippen LogP contribution in [-0.4, -0.2) is 31.9 Å². The molecule has 0 saturated heterocycles. The third-order valence-corrected chi connectivity index (χ3v) is 0.925. The lowest BCUT2D eigenvalue weighted by atomic mass is 10.2. The molecule has 0 aromatic heterocycles. The summed E-state index contributed by atoms with van der Waals surface area (Å²) in [6, 6.07) is 0.